The Hall–Kier alpha value is -2.77. The first kappa shape index (κ1) is 17.1. The summed E-state index contributed by atoms with van der Waals surface area (Å²) in [6.45, 7) is 6.07. The number of hydrogen-bond acceptors (Lipinski definition) is 7. The SMILES string of the molecule is CC(C)c1nc(CN(C)C(=O)[C@H](C)Oc2ccc3c(c2)OCO3)no1. The van der Waals surface area contributed by atoms with Crippen LogP contribution in [0.5, 0.6) is 17.2 Å². The van der Waals surface area contributed by atoms with Crippen LogP contribution in [-0.4, -0.2) is 40.9 Å². The summed E-state index contributed by atoms with van der Waals surface area (Å²) >= 11 is 0. The third-order valence-electron chi connectivity index (χ3n) is 3.74. The van der Waals surface area contributed by atoms with Crippen LogP contribution in [-0.2, 0) is 11.3 Å². The van der Waals surface area contributed by atoms with E-state index < -0.39 is 6.10 Å². The van der Waals surface area contributed by atoms with Gasteiger partial charge in [-0.05, 0) is 19.1 Å². The van der Waals surface area contributed by atoms with Crippen LogP contribution in [0.1, 0.15) is 38.4 Å². The van der Waals surface area contributed by atoms with Gasteiger partial charge in [-0.1, -0.05) is 19.0 Å². The van der Waals surface area contributed by atoms with E-state index in [1.807, 2.05) is 13.8 Å². The molecular weight excluding hydrogens is 326 g/mol. The molecule has 0 aliphatic carbocycles. The minimum absolute atomic E-state index is 0.149. The Labute approximate surface area is 145 Å². The Morgan fingerprint density at radius 3 is 2.76 bits per heavy atom. The molecule has 0 spiro atoms. The summed E-state index contributed by atoms with van der Waals surface area (Å²) in [5.41, 5.74) is 0. The van der Waals surface area contributed by atoms with Crippen LogP contribution in [0.3, 0.4) is 0 Å². The van der Waals surface area contributed by atoms with Gasteiger partial charge < -0.3 is 23.6 Å². The molecule has 2 aromatic rings. The highest BCUT2D eigenvalue weighted by Gasteiger charge is 2.22. The molecule has 0 saturated heterocycles. The summed E-state index contributed by atoms with van der Waals surface area (Å²) in [4.78, 5) is 18.3. The number of hydrogen-bond donors (Lipinski definition) is 0. The molecule has 25 heavy (non-hydrogen) atoms. The lowest BCUT2D eigenvalue weighted by Gasteiger charge is -2.21. The van der Waals surface area contributed by atoms with Gasteiger partial charge in [-0.3, -0.25) is 4.79 Å². The normalized spacial score (nSPS) is 13.8. The van der Waals surface area contributed by atoms with Gasteiger partial charge in [-0.25, -0.2) is 0 Å². The van der Waals surface area contributed by atoms with E-state index in [0.29, 0.717) is 29.0 Å². The maximum atomic E-state index is 12.5. The fourth-order valence-electron chi connectivity index (χ4n) is 2.37. The molecule has 3 rings (SSSR count). The van der Waals surface area contributed by atoms with E-state index in [-0.39, 0.29) is 25.2 Å². The molecule has 0 saturated carbocycles. The van der Waals surface area contributed by atoms with E-state index in [1.165, 1.54) is 4.90 Å². The number of carbonyl (C=O) groups is 1. The zero-order valence-corrected chi connectivity index (χ0v) is 14.7. The summed E-state index contributed by atoms with van der Waals surface area (Å²) in [6.07, 6.45) is -0.665. The minimum atomic E-state index is -0.665. The number of carbonyl (C=O) groups excluding carboxylic acids is 1. The molecule has 134 valence electrons. The Bertz CT molecular complexity index is 758. The summed E-state index contributed by atoms with van der Waals surface area (Å²) in [5, 5.41) is 3.89. The lowest BCUT2D eigenvalue weighted by molar-refractivity contribution is -0.137. The molecule has 0 N–H and O–H groups in total. The molecular formula is C17H21N3O5. The topological polar surface area (TPSA) is 86.9 Å². The van der Waals surface area contributed by atoms with Gasteiger partial charge in [0.1, 0.15) is 5.75 Å². The summed E-state index contributed by atoms with van der Waals surface area (Å²) < 4.78 is 21.4. The van der Waals surface area contributed by atoms with E-state index in [2.05, 4.69) is 10.1 Å². The molecule has 1 aromatic carbocycles. The highest BCUT2D eigenvalue weighted by molar-refractivity contribution is 5.80. The number of amides is 1. The summed E-state index contributed by atoms with van der Waals surface area (Å²) in [6, 6.07) is 5.21. The fourth-order valence-corrected chi connectivity index (χ4v) is 2.37. The van der Waals surface area contributed by atoms with Gasteiger partial charge in [-0.2, -0.15) is 4.98 Å². The monoisotopic (exact) mass is 347 g/mol. The van der Waals surface area contributed by atoms with E-state index in [9.17, 15) is 4.79 Å². The molecule has 1 atom stereocenters. The number of aromatic nitrogens is 2. The fraction of sp³-hybridized carbons (Fsp3) is 0.471. The first-order valence-corrected chi connectivity index (χ1v) is 8.08. The highest BCUT2D eigenvalue weighted by Crippen LogP contribution is 2.35. The van der Waals surface area contributed by atoms with Gasteiger partial charge in [0.25, 0.3) is 5.91 Å². The molecule has 1 aromatic heterocycles. The number of rotatable bonds is 6. The van der Waals surface area contributed by atoms with Crippen molar-refractivity contribution in [3.63, 3.8) is 0 Å². The molecule has 0 radical (unpaired) electrons. The minimum Gasteiger partial charge on any atom is -0.481 e. The second-order valence-electron chi connectivity index (χ2n) is 6.17. The van der Waals surface area contributed by atoms with Crippen LogP contribution in [0.15, 0.2) is 22.7 Å². The maximum Gasteiger partial charge on any atom is 0.263 e. The number of likely N-dealkylation sites (N-methyl/N-ethyl adjacent to an activating group) is 1. The molecule has 1 amide bonds. The van der Waals surface area contributed by atoms with Crippen LogP contribution in [0.25, 0.3) is 0 Å². The average molecular weight is 347 g/mol. The maximum absolute atomic E-state index is 12.5. The Balaban J connectivity index is 1.59. The van der Waals surface area contributed by atoms with Crippen molar-refractivity contribution in [2.75, 3.05) is 13.8 Å². The standard InChI is InChI=1S/C17H21N3O5/c1-10(2)16-18-15(19-25-16)8-20(4)17(21)11(3)24-12-5-6-13-14(7-12)23-9-22-13/h5-7,10-11H,8-9H2,1-4H3/t11-/m0/s1. The smallest absolute Gasteiger partial charge is 0.263 e. The van der Waals surface area contributed by atoms with Crippen molar-refractivity contribution >= 4 is 5.91 Å². The summed E-state index contributed by atoms with van der Waals surface area (Å²) in [5.74, 6) is 2.81. The van der Waals surface area contributed by atoms with Gasteiger partial charge >= 0.3 is 0 Å². The zero-order chi connectivity index (χ0) is 18.0. The molecule has 0 fully saturated rings. The van der Waals surface area contributed by atoms with Crippen molar-refractivity contribution < 1.29 is 23.5 Å². The second-order valence-corrected chi connectivity index (χ2v) is 6.17. The van der Waals surface area contributed by atoms with Crippen molar-refractivity contribution in [3.8, 4) is 17.2 Å². The van der Waals surface area contributed by atoms with Crippen LogP contribution in [0, 0.1) is 0 Å². The zero-order valence-electron chi connectivity index (χ0n) is 14.7. The van der Waals surface area contributed by atoms with Gasteiger partial charge in [0.2, 0.25) is 12.7 Å². The third kappa shape index (κ3) is 3.84. The number of benzene rings is 1. The molecule has 0 bridgehead atoms. The van der Waals surface area contributed by atoms with Crippen LogP contribution in [0.2, 0.25) is 0 Å². The predicted octanol–water partition coefficient (Wildman–Crippen LogP) is 2.35. The second kappa shape index (κ2) is 7.00. The first-order valence-electron chi connectivity index (χ1n) is 8.08. The van der Waals surface area contributed by atoms with Gasteiger partial charge in [-0.15, -0.1) is 0 Å². The molecule has 1 aliphatic rings. The number of fused-ring (bicyclic) bond motifs is 1. The van der Waals surface area contributed by atoms with Crippen molar-refractivity contribution in [2.24, 2.45) is 0 Å². The van der Waals surface area contributed by atoms with Gasteiger partial charge in [0.15, 0.2) is 23.4 Å². The Morgan fingerprint density at radius 1 is 1.28 bits per heavy atom. The molecule has 2 heterocycles. The van der Waals surface area contributed by atoms with E-state index in [4.69, 9.17) is 18.7 Å². The highest BCUT2D eigenvalue weighted by atomic mass is 16.7. The largest absolute Gasteiger partial charge is 0.481 e. The van der Waals surface area contributed by atoms with Gasteiger partial charge in [0.05, 0.1) is 6.54 Å². The number of ether oxygens (including phenoxy) is 3. The van der Waals surface area contributed by atoms with Crippen LogP contribution in [0.4, 0.5) is 0 Å². The third-order valence-corrected chi connectivity index (χ3v) is 3.74. The van der Waals surface area contributed by atoms with E-state index in [0.717, 1.165) is 0 Å². The summed E-state index contributed by atoms with van der Waals surface area (Å²) in [7, 11) is 1.67. The lowest BCUT2D eigenvalue weighted by Crippen LogP contribution is -2.37. The first-order chi connectivity index (χ1) is 11.9. The average Bonchev–Trinajstić information content (AvgIpc) is 3.22. The van der Waals surface area contributed by atoms with E-state index >= 15 is 0 Å². The van der Waals surface area contributed by atoms with Crippen LogP contribution < -0.4 is 14.2 Å². The lowest BCUT2D eigenvalue weighted by atomic mass is 10.2. The Morgan fingerprint density at radius 2 is 2.04 bits per heavy atom. The van der Waals surface area contributed by atoms with Crippen LogP contribution >= 0.6 is 0 Å². The van der Waals surface area contributed by atoms with E-state index in [1.54, 1.807) is 32.2 Å². The molecule has 1 aliphatic heterocycles. The van der Waals surface area contributed by atoms with Crippen molar-refractivity contribution in [2.45, 2.75) is 39.3 Å². The molecule has 0 unspecified atom stereocenters. The quantitative estimate of drug-likeness (QED) is 0.792. The van der Waals surface area contributed by atoms with Crippen molar-refractivity contribution in [1.82, 2.24) is 15.0 Å². The molecule has 8 nitrogen and oxygen atoms in total. The number of nitrogens with zero attached hydrogens (tertiary/aromatic N) is 3. The van der Waals surface area contributed by atoms with Crippen molar-refractivity contribution in [1.29, 1.82) is 0 Å². The Kier molecular flexibility index (Phi) is 4.78. The predicted molar refractivity (Wildman–Crippen MR) is 87.5 cm³/mol. The van der Waals surface area contributed by atoms with Crippen molar-refractivity contribution in [3.05, 3.63) is 29.9 Å². The van der Waals surface area contributed by atoms with Gasteiger partial charge in [0, 0.05) is 19.0 Å². The molecule has 8 heteroatoms.